The van der Waals surface area contributed by atoms with Gasteiger partial charge in [0, 0.05) is 12.1 Å². The van der Waals surface area contributed by atoms with Gasteiger partial charge < -0.3 is 9.72 Å². The third-order valence-corrected chi connectivity index (χ3v) is 3.70. The average Bonchev–Trinajstić information content (AvgIpc) is 2.98. The van der Waals surface area contributed by atoms with Crippen molar-refractivity contribution in [2.75, 3.05) is 6.61 Å². The van der Waals surface area contributed by atoms with Crippen LogP contribution in [0, 0.1) is 0 Å². The van der Waals surface area contributed by atoms with E-state index in [9.17, 15) is 9.59 Å². The van der Waals surface area contributed by atoms with Crippen LogP contribution in [0.25, 0.3) is 22.3 Å². The minimum Gasteiger partial charge on any atom is -0.493 e. The molecule has 0 bridgehead atoms. The van der Waals surface area contributed by atoms with Crippen molar-refractivity contribution in [1.82, 2.24) is 14.5 Å². The summed E-state index contributed by atoms with van der Waals surface area (Å²) >= 11 is 0. The highest BCUT2D eigenvalue weighted by atomic mass is 16.5. The molecule has 3 rings (SSSR count). The summed E-state index contributed by atoms with van der Waals surface area (Å²) < 4.78 is 7.23. The van der Waals surface area contributed by atoms with Gasteiger partial charge in [-0.2, -0.15) is 0 Å². The molecule has 0 aliphatic rings. The van der Waals surface area contributed by atoms with Crippen LogP contribution in [0.1, 0.15) is 20.3 Å². The number of aromatic nitrogens is 3. The van der Waals surface area contributed by atoms with Crippen molar-refractivity contribution >= 4 is 11.0 Å². The number of aromatic amines is 2. The first-order chi connectivity index (χ1) is 11.2. The van der Waals surface area contributed by atoms with Gasteiger partial charge in [-0.25, -0.2) is 4.79 Å². The lowest BCUT2D eigenvalue weighted by Crippen LogP contribution is -2.29. The Morgan fingerprint density at radius 2 is 1.91 bits per heavy atom. The molecule has 120 valence electrons. The molecule has 0 atom stereocenters. The molecule has 0 unspecified atom stereocenters. The molecular weight excluding hydrogens is 294 g/mol. The summed E-state index contributed by atoms with van der Waals surface area (Å²) in [6.07, 6.45) is 0.803. The number of aryl methyl sites for hydroxylation is 1. The number of nitrogens with zero attached hydrogens (tertiary/aromatic N) is 1. The summed E-state index contributed by atoms with van der Waals surface area (Å²) in [5.74, 6) is 0.738. The fourth-order valence-electron chi connectivity index (χ4n) is 2.73. The Morgan fingerprint density at radius 3 is 2.65 bits per heavy atom. The van der Waals surface area contributed by atoms with Crippen LogP contribution < -0.4 is 16.0 Å². The first-order valence-corrected chi connectivity index (χ1v) is 7.73. The van der Waals surface area contributed by atoms with E-state index in [-0.39, 0.29) is 5.69 Å². The van der Waals surface area contributed by atoms with Gasteiger partial charge in [0.25, 0.3) is 5.56 Å². The molecule has 6 heteroatoms. The van der Waals surface area contributed by atoms with Gasteiger partial charge in [0.05, 0.1) is 17.8 Å². The monoisotopic (exact) mass is 313 g/mol. The van der Waals surface area contributed by atoms with Crippen molar-refractivity contribution < 1.29 is 4.74 Å². The number of ether oxygens (including phenoxy) is 1. The lowest BCUT2D eigenvalue weighted by molar-refractivity contribution is 0.341. The van der Waals surface area contributed by atoms with Crippen LogP contribution in [0.3, 0.4) is 0 Å². The van der Waals surface area contributed by atoms with Crippen molar-refractivity contribution in [1.29, 1.82) is 0 Å². The van der Waals surface area contributed by atoms with Crippen LogP contribution in [0.5, 0.6) is 5.75 Å². The second kappa shape index (κ2) is 6.16. The molecule has 23 heavy (non-hydrogen) atoms. The average molecular weight is 313 g/mol. The number of hydrogen-bond acceptors (Lipinski definition) is 3. The van der Waals surface area contributed by atoms with Crippen LogP contribution in [0.2, 0.25) is 0 Å². The summed E-state index contributed by atoms with van der Waals surface area (Å²) in [6, 6.07) is 9.45. The maximum Gasteiger partial charge on any atom is 0.328 e. The molecule has 2 N–H and O–H groups in total. The van der Waals surface area contributed by atoms with E-state index in [2.05, 4.69) is 9.97 Å². The third-order valence-electron chi connectivity index (χ3n) is 3.70. The molecule has 0 fully saturated rings. The predicted octanol–water partition coefficient (Wildman–Crippen LogP) is 2.49. The molecule has 0 aliphatic carbocycles. The summed E-state index contributed by atoms with van der Waals surface area (Å²) in [6.45, 7) is 5.02. The topological polar surface area (TPSA) is 79.9 Å². The Morgan fingerprint density at radius 1 is 1.13 bits per heavy atom. The molecule has 0 saturated carbocycles. The van der Waals surface area contributed by atoms with Crippen LogP contribution in [0.4, 0.5) is 0 Å². The van der Waals surface area contributed by atoms with Crippen LogP contribution >= 0.6 is 0 Å². The lowest BCUT2D eigenvalue weighted by Gasteiger charge is -2.08. The van der Waals surface area contributed by atoms with Gasteiger partial charge in [-0.3, -0.25) is 14.3 Å². The molecule has 0 spiro atoms. The zero-order valence-corrected chi connectivity index (χ0v) is 13.2. The number of rotatable bonds is 5. The molecular formula is C17H19N3O3. The number of hydrogen-bond donors (Lipinski definition) is 2. The van der Waals surface area contributed by atoms with Crippen LogP contribution in [0.15, 0.2) is 39.9 Å². The number of para-hydroxylation sites is 1. The molecule has 0 saturated heterocycles. The number of benzene rings is 1. The fraction of sp³-hybridized carbons (Fsp3) is 0.294. The normalized spacial score (nSPS) is 11.0. The van der Waals surface area contributed by atoms with Gasteiger partial charge in [0.15, 0.2) is 0 Å². The van der Waals surface area contributed by atoms with Crippen LogP contribution in [-0.2, 0) is 6.54 Å². The largest absolute Gasteiger partial charge is 0.493 e. The third kappa shape index (κ3) is 2.67. The second-order valence-electron chi connectivity index (χ2n) is 5.28. The van der Waals surface area contributed by atoms with E-state index >= 15 is 0 Å². The van der Waals surface area contributed by atoms with E-state index in [1.54, 1.807) is 4.57 Å². The van der Waals surface area contributed by atoms with E-state index in [4.69, 9.17) is 4.74 Å². The van der Waals surface area contributed by atoms with Gasteiger partial charge in [-0.05, 0) is 31.5 Å². The quantitative estimate of drug-likeness (QED) is 0.759. The first kappa shape index (κ1) is 15.1. The first-order valence-electron chi connectivity index (χ1n) is 7.73. The molecule has 0 amide bonds. The molecule has 0 aliphatic heterocycles. The Bertz CT molecular complexity index is 950. The Kier molecular flexibility index (Phi) is 4.06. The van der Waals surface area contributed by atoms with Crippen molar-refractivity contribution in [2.24, 2.45) is 0 Å². The van der Waals surface area contributed by atoms with E-state index in [1.165, 1.54) is 0 Å². The Labute approximate surface area is 132 Å². The van der Waals surface area contributed by atoms with Crippen molar-refractivity contribution in [2.45, 2.75) is 26.8 Å². The van der Waals surface area contributed by atoms with Crippen molar-refractivity contribution in [3.05, 3.63) is 51.2 Å². The van der Waals surface area contributed by atoms with E-state index in [0.29, 0.717) is 24.2 Å². The van der Waals surface area contributed by atoms with Gasteiger partial charge in [0.2, 0.25) is 0 Å². The van der Waals surface area contributed by atoms with Gasteiger partial charge in [-0.15, -0.1) is 0 Å². The molecule has 6 nitrogen and oxygen atoms in total. The van der Waals surface area contributed by atoms with Crippen molar-refractivity contribution in [3.8, 4) is 17.0 Å². The van der Waals surface area contributed by atoms with E-state index in [0.717, 1.165) is 23.4 Å². The lowest BCUT2D eigenvalue weighted by atomic mass is 10.1. The molecule has 0 radical (unpaired) electrons. The zero-order valence-electron chi connectivity index (χ0n) is 13.2. The second-order valence-corrected chi connectivity index (χ2v) is 5.28. The van der Waals surface area contributed by atoms with E-state index in [1.807, 2.05) is 44.2 Å². The zero-order chi connectivity index (χ0) is 16.4. The highest BCUT2D eigenvalue weighted by Gasteiger charge is 2.14. The fourth-order valence-corrected chi connectivity index (χ4v) is 2.73. The minimum atomic E-state index is -0.405. The molecule has 1 aromatic carbocycles. The standard InChI is InChI=1S/C17H19N3O3/c1-3-9-20-13-10-12(18-15(13)16(21)19-17(20)22)11-7-5-6-8-14(11)23-4-2/h5-8,10,18H,3-4,9H2,1-2H3,(H,19,21,22). The summed E-state index contributed by atoms with van der Waals surface area (Å²) in [4.78, 5) is 29.6. The molecule has 2 heterocycles. The van der Waals surface area contributed by atoms with Gasteiger partial charge >= 0.3 is 5.69 Å². The summed E-state index contributed by atoms with van der Waals surface area (Å²) in [5.41, 5.74) is 1.84. The molecule has 2 aromatic heterocycles. The van der Waals surface area contributed by atoms with Gasteiger partial charge in [-0.1, -0.05) is 19.1 Å². The van der Waals surface area contributed by atoms with Gasteiger partial charge in [0.1, 0.15) is 11.3 Å². The predicted molar refractivity (Wildman–Crippen MR) is 90.1 cm³/mol. The van der Waals surface area contributed by atoms with Crippen molar-refractivity contribution in [3.63, 3.8) is 0 Å². The highest BCUT2D eigenvalue weighted by Crippen LogP contribution is 2.30. The number of fused-ring (bicyclic) bond motifs is 1. The number of nitrogens with one attached hydrogen (secondary N) is 2. The smallest absolute Gasteiger partial charge is 0.328 e. The van der Waals surface area contributed by atoms with E-state index < -0.39 is 5.56 Å². The summed E-state index contributed by atoms with van der Waals surface area (Å²) in [5, 5.41) is 0. The highest BCUT2D eigenvalue weighted by molar-refractivity contribution is 5.83. The maximum atomic E-state index is 12.1. The number of H-pyrrole nitrogens is 2. The maximum absolute atomic E-state index is 12.1. The molecule has 3 aromatic rings. The summed E-state index contributed by atoms with van der Waals surface area (Å²) in [7, 11) is 0. The Balaban J connectivity index is 2.25. The van der Waals surface area contributed by atoms with Crippen LogP contribution in [-0.4, -0.2) is 21.1 Å². The Hall–Kier alpha value is -2.76. The SMILES string of the molecule is CCCn1c(=O)[nH]c(=O)c2[nH]c(-c3ccccc3OCC)cc21. The minimum absolute atomic E-state index is 0.381.